The Morgan fingerprint density at radius 1 is 1.27 bits per heavy atom. The smallest absolute Gasteiger partial charge is 0.114 e. The highest BCUT2D eigenvalue weighted by Gasteiger charge is 2.30. The third kappa shape index (κ3) is 2.77. The number of nitrogens with zero attached hydrogens (tertiary/aromatic N) is 2. The number of aliphatic hydroxyl groups excluding tert-OH is 1. The first-order chi connectivity index (χ1) is 10.8. The molecule has 2 aromatic rings. The predicted octanol–water partition coefficient (Wildman–Crippen LogP) is 2.90. The molecule has 4 nitrogen and oxygen atoms in total. The molecule has 3 N–H and O–H groups in total. The van der Waals surface area contributed by atoms with Gasteiger partial charge in [0.15, 0.2) is 0 Å². The average Bonchev–Trinajstić information content (AvgIpc) is 2.94. The summed E-state index contributed by atoms with van der Waals surface area (Å²) in [6, 6.07) is 8.35. The molecule has 0 aliphatic heterocycles. The Bertz CT molecular complexity index is 614. The van der Waals surface area contributed by atoms with Crippen molar-refractivity contribution in [3.8, 4) is 0 Å². The molecule has 1 aromatic carbocycles. The van der Waals surface area contributed by atoms with E-state index in [1.54, 1.807) is 0 Å². The molecule has 4 heteroatoms. The molecule has 120 valence electrons. The zero-order valence-electron chi connectivity index (χ0n) is 13.4. The van der Waals surface area contributed by atoms with Crippen molar-refractivity contribution in [2.75, 3.05) is 13.2 Å². The molecule has 1 heterocycles. The lowest BCUT2D eigenvalue weighted by molar-refractivity contribution is 0.156. The summed E-state index contributed by atoms with van der Waals surface area (Å²) in [6.07, 6.45) is 4.54. The molecule has 0 saturated heterocycles. The third-order valence-corrected chi connectivity index (χ3v) is 5.30. The number of aromatic nitrogens is 2. The molecule has 0 amide bonds. The SMILES string of the molecule is CCn1c(C(CN)C2CCC(CO)CC2)nc2ccccc21. The topological polar surface area (TPSA) is 64.1 Å². The van der Waals surface area contributed by atoms with Gasteiger partial charge >= 0.3 is 0 Å². The number of para-hydroxylation sites is 2. The van der Waals surface area contributed by atoms with Crippen molar-refractivity contribution >= 4 is 11.0 Å². The van der Waals surface area contributed by atoms with Crippen LogP contribution in [0.2, 0.25) is 0 Å². The fraction of sp³-hybridized carbons (Fsp3) is 0.611. The van der Waals surface area contributed by atoms with E-state index in [0.29, 0.717) is 30.9 Å². The number of benzene rings is 1. The van der Waals surface area contributed by atoms with Gasteiger partial charge in [0.05, 0.1) is 11.0 Å². The first-order valence-corrected chi connectivity index (χ1v) is 8.54. The quantitative estimate of drug-likeness (QED) is 0.892. The van der Waals surface area contributed by atoms with Crippen molar-refractivity contribution in [2.45, 2.75) is 45.1 Å². The van der Waals surface area contributed by atoms with Gasteiger partial charge in [0.2, 0.25) is 0 Å². The van der Waals surface area contributed by atoms with Crippen molar-refractivity contribution in [3.63, 3.8) is 0 Å². The van der Waals surface area contributed by atoms with Gasteiger partial charge < -0.3 is 15.4 Å². The van der Waals surface area contributed by atoms with Gasteiger partial charge in [-0.1, -0.05) is 12.1 Å². The largest absolute Gasteiger partial charge is 0.396 e. The predicted molar refractivity (Wildman–Crippen MR) is 89.7 cm³/mol. The summed E-state index contributed by atoms with van der Waals surface area (Å²) in [6.45, 7) is 4.08. The molecule has 1 saturated carbocycles. The van der Waals surface area contributed by atoms with E-state index in [9.17, 15) is 5.11 Å². The number of nitrogens with two attached hydrogens (primary N) is 1. The first-order valence-electron chi connectivity index (χ1n) is 8.54. The lowest BCUT2D eigenvalue weighted by Crippen LogP contribution is -2.29. The molecule has 1 aliphatic carbocycles. The highest BCUT2D eigenvalue weighted by molar-refractivity contribution is 5.76. The molecule has 0 bridgehead atoms. The van der Waals surface area contributed by atoms with E-state index >= 15 is 0 Å². The third-order valence-electron chi connectivity index (χ3n) is 5.30. The average molecular weight is 301 g/mol. The molecule has 1 unspecified atom stereocenters. The lowest BCUT2D eigenvalue weighted by atomic mass is 9.75. The summed E-state index contributed by atoms with van der Waals surface area (Å²) in [5, 5.41) is 9.33. The molecule has 0 spiro atoms. The van der Waals surface area contributed by atoms with Gasteiger partial charge in [0.1, 0.15) is 5.82 Å². The van der Waals surface area contributed by atoms with E-state index < -0.39 is 0 Å². The Morgan fingerprint density at radius 2 is 2.00 bits per heavy atom. The Hall–Kier alpha value is -1.39. The summed E-state index contributed by atoms with van der Waals surface area (Å²) in [7, 11) is 0. The summed E-state index contributed by atoms with van der Waals surface area (Å²) in [4.78, 5) is 4.90. The van der Waals surface area contributed by atoms with Gasteiger partial charge in [-0.3, -0.25) is 0 Å². The zero-order chi connectivity index (χ0) is 15.5. The van der Waals surface area contributed by atoms with E-state index in [0.717, 1.165) is 43.6 Å². The van der Waals surface area contributed by atoms with Crippen LogP contribution in [-0.2, 0) is 6.54 Å². The van der Waals surface area contributed by atoms with Crippen molar-refractivity contribution in [1.29, 1.82) is 0 Å². The molecular weight excluding hydrogens is 274 g/mol. The van der Waals surface area contributed by atoms with Crippen LogP contribution in [0.4, 0.5) is 0 Å². The molecule has 1 fully saturated rings. The van der Waals surface area contributed by atoms with Crippen LogP contribution >= 0.6 is 0 Å². The summed E-state index contributed by atoms with van der Waals surface area (Å²) < 4.78 is 2.32. The summed E-state index contributed by atoms with van der Waals surface area (Å²) in [5.74, 6) is 2.56. The molecular formula is C18H27N3O. The van der Waals surface area contributed by atoms with Gasteiger partial charge in [-0.05, 0) is 56.6 Å². The normalized spacial score (nSPS) is 23.8. The van der Waals surface area contributed by atoms with Gasteiger partial charge in [-0.2, -0.15) is 0 Å². The summed E-state index contributed by atoms with van der Waals surface area (Å²) in [5.41, 5.74) is 8.43. The fourth-order valence-electron chi connectivity index (χ4n) is 3.99. The number of imidazole rings is 1. The summed E-state index contributed by atoms with van der Waals surface area (Å²) >= 11 is 0. The maximum Gasteiger partial charge on any atom is 0.114 e. The number of fused-ring (bicyclic) bond motifs is 1. The van der Waals surface area contributed by atoms with Crippen molar-refractivity contribution in [2.24, 2.45) is 17.6 Å². The van der Waals surface area contributed by atoms with Crippen LogP contribution in [0.5, 0.6) is 0 Å². The molecule has 22 heavy (non-hydrogen) atoms. The number of hydrogen-bond acceptors (Lipinski definition) is 3. The Balaban J connectivity index is 1.90. The van der Waals surface area contributed by atoms with Crippen LogP contribution in [0.25, 0.3) is 11.0 Å². The van der Waals surface area contributed by atoms with Crippen LogP contribution in [0, 0.1) is 11.8 Å². The maximum absolute atomic E-state index is 9.33. The van der Waals surface area contributed by atoms with Gasteiger partial charge in [-0.25, -0.2) is 4.98 Å². The minimum absolute atomic E-state index is 0.326. The standard InChI is InChI=1S/C18H27N3O/c1-2-21-17-6-4-3-5-16(17)20-18(21)15(11-19)14-9-7-13(12-22)8-10-14/h3-6,13-15,22H,2,7-12,19H2,1H3. The van der Waals surface area contributed by atoms with Crippen molar-refractivity contribution in [1.82, 2.24) is 9.55 Å². The van der Waals surface area contributed by atoms with Crippen LogP contribution in [-0.4, -0.2) is 27.8 Å². The lowest BCUT2D eigenvalue weighted by Gasteiger charge is -2.32. The second kappa shape index (κ2) is 6.80. The molecule has 1 atom stereocenters. The van der Waals surface area contributed by atoms with Gasteiger partial charge in [0.25, 0.3) is 0 Å². The highest BCUT2D eigenvalue weighted by atomic mass is 16.3. The first kappa shape index (κ1) is 15.5. The van der Waals surface area contributed by atoms with Gasteiger partial charge in [0, 0.05) is 25.6 Å². The zero-order valence-corrected chi connectivity index (χ0v) is 13.4. The molecule has 3 rings (SSSR count). The van der Waals surface area contributed by atoms with E-state index in [-0.39, 0.29) is 0 Å². The Kier molecular flexibility index (Phi) is 4.79. The fourth-order valence-corrected chi connectivity index (χ4v) is 3.99. The second-order valence-electron chi connectivity index (χ2n) is 6.51. The molecule has 0 radical (unpaired) electrons. The minimum Gasteiger partial charge on any atom is -0.396 e. The van der Waals surface area contributed by atoms with Crippen molar-refractivity contribution < 1.29 is 5.11 Å². The van der Waals surface area contributed by atoms with Crippen molar-refractivity contribution in [3.05, 3.63) is 30.1 Å². The number of rotatable bonds is 5. The Labute approximate surface area is 132 Å². The van der Waals surface area contributed by atoms with E-state index in [4.69, 9.17) is 10.7 Å². The number of aryl methyl sites for hydroxylation is 1. The maximum atomic E-state index is 9.33. The number of aliphatic hydroxyl groups is 1. The van der Waals surface area contributed by atoms with E-state index in [1.807, 2.05) is 6.07 Å². The van der Waals surface area contributed by atoms with Crippen LogP contribution in [0.3, 0.4) is 0 Å². The highest BCUT2D eigenvalue weighted by Crippen LogP contribution is 2.38. The van der Waals surface area contributed by atoms with Crippen LogP contribution in [0.15, 0.2) is 24.3 Å². The molecule has 1 aromatic heterocycles. The second-order valence-corrected chi connectivity index (χ2v) is 6.51. The molecule has 1 aliphatic rings. The van der Waals surface area contributed by atoms with Crippen LogP contribution in [0.1, 0.15) is 44.3 Å². The van der Waals surface area contributed by atoms with E-state index in [2.05, 4.69) is 29.7 Å². The minimum atomic E-state index is 0.326. The van der Waals surface area contributed by atoms with E-state index in [1.165, 1.54) is 5.52 Å². The monoisotopic (exact) mass is 301 g/mol. The van der Waals surface area contributed by atoms with Gasteiger partial charge in [-0.15, -0.1) is 0 Å². The number of hydrogen-bond donors (Lipinski definition) is 2. The van der Waals surface area contributed by atoms with Crippen LogP contribution < -0.4 is 5.73 Å². The Morgan fingerprint density at radius 3 is 2.64 bits per heavy atom.